The van der Waals surface area contributed by atoms with E-state index in [1.165, 1.54) is 0 Å². The van der Waals surface area contributed by atoms with Gasteiger partial charge in [-0.3, -0.25) is 9.69 Å². The van der Waals surface area contributed by atoms with Crippen LogP contribution in [0.5, 0.6) is 0 Å². The Hall–Kier alpha value is -0.220. The monoisotopic (exact) mass is 229 g/mol. The van der Waals surface area contributed by atoms with E-state index in [0.717, 1.165) is 43.9 Å². The second-order valence-electron chi connectivity index (χ2n) is 4.83. The molecule has 0 radical (unpaired) electrons. The summed E-state index contributed by atoms with van der Waals surface area (Å²) in [4.78, 5) is 13.7. The maximum absolute atomic E-state index is 11.5. The third-order valence-corrected chi connectivity index (χ3v) is 4.91. The molecule has 1 N–H and O–H groups in total. The maximum Gasteiger partial charge on any atom is 0.324 e. The summed E-state index contributed by atoms with van der Waals surface area (Å²) in [6.45, 7) is 4.15. The van der Waals surface area contributed by atoms with Crippen molar-refractivity contribution in [2.75, 3.05) is 24.6 Å². The summed E-state index contributed by atoms with van der Waals surface area (Å²) in [6, 6.07) is 0. The summed E-state index contributed by atoms with van der Waals surface area (Å²) in [5.74, 6) is 1.95. The first kappa shape index (κ1) is 11.3. The number of hydrogen-bond donors (Lipinski definition) is 1. The normalized spacial score (nSPS) is 38.1. The highest BCUT2D eigenvalue weighted by Crippen LogP contribution is 2.35. The Morgan fingerprint density at radius 3 is 2.87 bits per heavy atom. The Kier molecular flexibility index (Phi) is 3.26. The van der Waals surface area contributed by atoms with Gasteiger partial charge < -0.3 is 5.11 Å². The van der Waals surface area contributed by atoms with E-state index in [1.54, 1.807) is 11.8 Å². The maximum atomic E-state index is 11.5. The van der Waals surface area contributed by atoms with E-state index in [4.69, 9.17) is 0 Å². The third kappa shape index (κ3) is 2.02. The van der Waals surface area contributed by atoms with Crippen LogP contribution >= 0.6 is 11.8 Å². The molecule has 0 amide bonds. The van der Waals surface area contributed by atoms with Gasteiger partial charge in [0.2, 0.25) is 0 Å². The molecule has 0 aromatic heterocycles. The zero-order valence-corrected chi connectivity index (χ0v) is 10.1. The van der Waals surface area contributed by atoms with Gasteiger partial charge in [-0.1, -0.05) is 6.92 Å². The molecule has 0 bridgehead atoms. The first-order chi connectivity index (χ1) is 7.15. The van der Waals surface area contributed by atoms with Crippen molar-refractivity contribution in [1.82, 2.24) is 4.90 Å². The summed E-state index contributed by atoms with van der Waals surface area (Å²) >= 11 is 1.80. The van der Waals surface area contributed by atoms with E-state index < -0.39 is 11.5 Å². The van der Waals surface area contributed by atoms with Crippen LogP contribution in [0.25, 0.3) is 0 Å². The molecule has 2 atom stereocenters. The van der Waals surface area contributed by atoms with E-state index in [1.807, 2.05) is 0 Å². The summed E-state index contributed by atoms with van der Waals surface area (Å²) in [6.07, 6.45) is 3.03. The highest BCUT2D eigenvalue weighted by molar-refractivity contribution is 7.99. The number of hydrogen-bond acceptors (Lipinski definition) is 3. The van der Waals surface area contributed by atoms with Crippen LogP contribution in [-0.4, -0.2) is 46.1 Å². The molecule has 0 aliphatic carbocycles. The first-order valence-electron chi connectivity index (χ1n) is 5.71. The molecule has 2 aliphatic heterocycles. The summed E-state index contributed by atoms with van der Waals surface area (Å²) in [5.41, 5.74) is -0.548. The van der Waals surface area contributed by atoms with E-state index in [0.29, 0.717) is 5.92 Å². The lowest BCUT2D eigenvalue weighted by molar-refractivity contribution is -0.150. The Balaban J connectivity index is 2.14. The van der Waals surface area contributed by atoms with Crippen molar-refractivity contribution >= 4 is 17.7 Å². The van der Waals surface area contributed by atoms with E-state index in [-0.39, 0.29) is 0 Å². The van der Waals surface area contributed by atoms with Gasteiger partial charge in [-0.15, -0.1) is 0 Å². The second-order valence-corrected chi connectivity index (χ2v) is 5.94. The smallest absolute Gasteiger partial charge is 0.324 e. The number of nitrogens with zero attached hydrogens (tertiary/aromatic N) is 1. The lowest BCUT2D eigenvalue weighted by Crippen LogP contribution is -2.57. The largest absolute Gasteiger partial charge is 0.480 e. The third-order valence-electron chi connectivity index (χ3n) is 3.65. The number of carboxylic acid groups (broad SMARTS) is 1. The van der Waals surface area contributed by atoms with Crippen LogP contribution in [0.2, 0.25) is 0 Å². The highest BCUT2D eigenvalue weighted by atomic mass is 32.2. The van der Waals surface area contributed by atoms with Gasteiger partial charge >= 0.3 is 5.97 Å². The van der Waals surface area contributed by atoms with Crippen molar-refractivity contribution < 1.29 is 9.90 Å². The minimum Gasteiger partial charge on any atom is -0.480 e. The fourth-order valence-electron chi connectivity index (χ4n) is 2.66. The van der Waals surface area contributed by atoms with E-state index in [9.17, 15) is 9.90 Å². The molecule has 2 saturated heterocycles. The van der Waals surface area contributed by atoms with Crippen LogP contribution in [0.15, 0.2) is 0 Å². The molecule has 2 aliphatic rings. The molecule has 0 aromatic carbocycles. The van der Waals surface area contributed by atoms with Gasteiger partial charge in [0.25, 0.3) is 0 Å². The average molecular weight is 229 g/mol. The molecule has 3 nitrogen and oxygen atoms in total. The zero-order chi connectivity index (χ0) is 10.9. The molecule has 2 rings (SSSR count). The lowest BCUT2D eigenvalue weighted by atomic mass is 9.93. The molecule has 86 valence electrons. The molecule has 15 heavy (non-hydrogen) atoms. The zero-order valence-electron chi connectivity index (χ0n) is 9.24. The summed E-state index contributed by atoms with van der Waals surface area (Å²) in [5, 5.41) is 9.48. The number of likely N-dealkylation sites (tertiary alicyclic amines) is 1. The molecule has 0 saturated carbocycles. The van der Waals surface area contributed by atoms with E-state index in [2.05, 4.69) is 11.8 Å². The topological polar surface area (TPSA) is 40.5 Å². The molecular weight excluding hydrogens is 210 g/mol. The van der Waals surface area contributed by atoms with Crippen molar-refractivity contribution in [3.8, 4) is 0 Å². The Morgan fingerprint density at radius 2 is 2.40 bits per heavy atom. The van der Waals surface area contributed by atoms with Gasteiger partial charge in [0, 0.05) is 12.3 Å². The first-order valence-corrected chi connectivity index (χ1v) is 6.87. The Labute approximate surface area is 95.2 Å². The van der Waals surface area contributed by atoms with Crippen molar-refractivity contribution in [2.45, 2.75) is 31.7 Å². The van der Waals surface area contributed by atoms with Crippen LogP contribution < -0.4 is 0 Å². The Morgan fingerprint density at radius 1 is 1.60 bits per heavy atom. The fraction of sp³-hybridized carbons (Fsp3) is 0.909. The number of thioether (sulfide) groups is 1. The second kappa shape index (κ2) is 4.34. The van der Waals surface area contributed by atoms with Crippen LogP contribution in [0.1, 0.15) is 26.2 Å². The van der Waals surface area contributed by atoms with Crippen LogP contribution in [0, 0.1) is 5.92 Å². The van der Waals surface area contributed by atoms with Crippen molar-refractivity contribution in [1.29, 1.82) is 0 Å². The number of rotatable bonds is 2. The molecule has 2 fully saturated rings. The summed E-state index contributed by atoms with van der Waals surface area (Å²) in [7, 11) is 0. The standard InChI is InChI=1S/C11H19NO2S/c1-9-3-5-12(7-9)11(10(13)14)4-2-6-15-8-11/h9H,2-8H2,1H3,(H,13,14). The van der Waals surface area contributed by atoms with Gasteiger partial charge in [0.1, 0.15) is 5.54 Å². The molecule has 0 spiro atoms. The number of carbonyl (C=O) groups is 1. The lowest BCUT2D eigenvalue weighted by Gasteiger charge is -2.40. The minimum absolute atomic E-state index is 0.548. The Bertz CT molecular complexity index is 251. The predicted octanol–water partition coefficient (Wildman–Crippen LogP) is 1.68. The molecule has 0 aromatic rings. The van der Waals surface area contributed by atoms with Crippen molar-refractivity contribution in [3.63, 3.8) is 0 Å². The van der Waals surface area contributed by atoms with Crippen molar-refractivity contribution in [3.05, 3.63) is 0 Å². The molecule has 4 heteroatoms. The fourth-order valence-corrected chi connectivity index (χ4v) is 3.94. The van der Waals surface area contributed by atoms with Crippen molar-refractivity contribution in [2.24, 2.45) is 5.92 Å². The van der Waals surface area contributed by atoms with Gasteiger partial charge in [0.05, 0.1) is 0 Å². The van der Waals surface area contributed by atoms with Gasteiger partial charge in [0.15, 0.2) is 0 Å². The number of aliphatic carboxylic acids is 1. The minimum atomic E-state index is -0.608. The molecule has 2 unspecified atom stereocenters. The van der Waals surface area contributed by atoms with Crippen LogP contribution in [-0.2, 0) is 4.79 Å². The van der Waals surface area contributed by atoms with Gasteiger partial charge in [-0.25, -0.2) is 0 Å². The predicted molar refractivity (Wildman–Crippen MR) is 62.3 cm³/mol. The van der Waals surface area contributed by atoms with E-state index >= 15 is 0 Å². The van der Waals surface area contributed by atoms with Gasteiger partial charge in [-0.2, -0.15) is 11.8 Å². The highest BCUT2D eigenvalue weighted by Gasteiger charge is 2.47. The molecule has 2 heterocycles. The van der Waals surface area contributed by atoms with Crippen LogP contribution in [0.3, 0.4) is 0 Å². The quantitative estimate of drug-likeness (QED) is 0.782. The molecular formula is C11H19NO2S. The SMILES string of the molecule is CC1CCN(C2(C(=O)O)CCCSC2)C1. The van der Waals surface area contributed by atoms with Crippen LogP contribution in [0.4, 0.5) is 0 Å². The number of carboxylic acids is 1. The summed E-state index contributed by atoms with van der Waals surface area (Å²) < 4.78 is 0. The average Bonchev–Trinajstić information content (AvgIpc) is 2.66. The van der Waals surface area contributed by atoms with Gasteiger partial charge in [-0.05, 0) is 37.5 Å².